The molecule has 2 aromatic carbocycles. The maximum absolute atomic E-state index is 11.2. The second-order valence-electron chi connectivity index (χ2n) is 9.18. The molecule has 2 heterocycles. The maximum Gasteiger partial charge on any atom is 0.145 e. The molecule has 1 fully saturated rings. The lowest BCUT2D eigenvalue weighted by Crippen LogP contribution is -2.48. The van der Waals surface area contributed by atoms with Crippen molar-refractivity contribution in [1.29, 1.82) is 0 Å². The van der Waals surface area contributed by atoms with Gasteiger partial charge in [0.25, 0.3) is 0 Å². The van der Waals surface area contributed by atoms with Crippen LogP contribution in [0.5, 0.6) is 11.5 Å². The Bertz CT molecular complexity index is 1180. The van der Waals surface area contributed by atoms with E-state index in [1.54, 1.807) is 0 Å². The maximum atomic E-state index is 11.2. The van der Waals surface area contributed by atoms with Gasteiger partial charge in [0.1, 0.15) is 35.7 Å². The predicted octanol–water partition coefficient (Wildman–Crippen LogP) is 5.07. The number of rotatable bonds is 8. The second kappa shape index (κ2) is 10.7. The predicted molar refractivity (Wildman–Crippen MR) is 138 cm³/mol. The number of hydrogen-bond acceptors (Lipinski definition) is 7. The number of ether oxygens (including phenoxy) is 1. The first kappa shape index (κ1) is 23.1. The van der Waals surface area contributed by atoms with Gasteiger partial charge in [-0.2, -0.15) is 0 Å². The van der Waals surface area contributed by atoms with E-state index >= 15 is 0 Å². The van der Waals surface area contributed by atoms with Gasteiger partial charge in [-0.3, -0.25) is 9.69 Å². The van der Waals surface area contributed by atoms with Crippen LogP contribution in [0.4, 0.5) is 11.6 Å². The number of aromatic nitrogens is 2. The molecule has 7 nitrogen and oxygen atoms in total. The lowest BCUT2D eigenvalue weighted by molar-refractivity contribution is -0.105. The summed E-state index contributed by atoms with van der Waals surface area (Å²) in [6.45, 7) is 1.84. The quantitative estimate of drug-likeness (QED) is 0.445. The molecule has 3 N–H and O–H groups in total. The Morgan fingerprint density at radius 2 is 1.86 bits per heavy atom. The molecule has 5 rings (SSSR count). The molecule has 35 heavy (non-hydrogen) atoms. The Balaban J connectivity index is 1.30. The molecule has 7 heteroatoms. The first-order valence-corrected chi connectivity index (χ1v) is 12.3. The smallest absolute Gasteiger partial charge is 0.145 e. The lowest BCUT2D eigenvalue weighted by atomic mass is 9.98. The molecule has 0 radical (unpaired) electrons. The van der Waals surface area contributed by atoms with Gasteiger partial charge in [-0.25, -0.2) is 9.97 Å². The van der Waals surface area contributed by atoms with E-state index in [0.29, 0.717) is 17.9 Å². The third-order valence-electron chi connectivity index (χ3n) is 6.92. The van der Waals surface area contributed by atoms with Crippen LogP contribution in [0.3, 0.4) is 0 Å². The number of aldehydes is 1. The third kappa shape index (κ3) is 5.35. The molecule has 2 unspecified atom stereocenters. The van der Waals surface area contributed by atoms with Crippen LogP contribution in [0.25, 0.3) is 11.1 Å². The number of hydrogen-bond donors (Lipinski definition) is 2. The van der Waals surface area contributed by atoms with Gasteiger partial charge >= 0.3 is 0 Å². The Labute approximate surface area is 206 Å². The first-order valence-electron chi connectivity index (χ1n) is 12.3. The van der Waals surface area contributed by atoms with Crippen LogP contribution in [0.15, 0.2) is 72.6 Å². The molecule has 0 spiro atoms. The monoisotopic (exact) mass is 469 g/mol. The van der Waals surface area contributed by atoms with Crippen LogP contribution in [-0.4, -0.2) is 46.3 Å². The number of piperidine rings is 1. The van der Waals surface area contributed by atoms with Crippen molar-refractivity contribution in [2.24, 2.45) is 0 Å². The number of nitrogens with two attached hydrogens (primary N) is 1. The van der Waals surface area contributed by atoms with Crippen LogP contribution in [0.1, 0.15) is 32.1 Å². The summed E-state index contributed by atoms with van der Waals surface area (Å²) in [4.78, 5) is 22.6. The SMILES string of the molecule is Nc1ncnc(NCC2CCCCN2C2CC=C(C=O)C2)c1-c1ccc(Oc2ccccc2)cc1. The molecule has 0 amide bonds. The lowest BCUT2D eigenvalue weighted by Gasteiger charge is -2.40. The molecular formula is C28H31N5O2. The van der Waals surface area contributed by atoms with Crippen LogP contribution in [0, 0.1) is 0 Å². The van der Waals surface area contributed by atoms with Crippen molar-refractivity contribution in [3.8, 4) is 22.6 Å². The summed E-state index contributed by atoms with van der Waals surface area (Å²) in [7, 11) is 0. The van der Waals surface area contributed by atoms with Gasteiger partial charge in [-0.1, -0.05) is 42.8 Å². The molecule has 1 saturated heterocycles. The Morgan fingerprint density at radius 3 is 2.63 bits per heavy atom. The Hall–Kier alpha value is -3.71. The molecule has 3 aromatic rings. The zero-order valence-corrected chi connectivity index (χ0v) is 19.8. The van der Waals surface area contributed by atoms with E-state index in [0.717, 1.165) is 72.7 Å². The highest BCUT2D eigenvalue weighted by molar-refractivity contribution is 5.83. The molecule has 2 aliphatic rings. The normalized spacial score (nSPS) is 20.3. The minimum Gasteiger partial charge on any atom is -0.457 e. The summed E-state index contributed by atoms with van der Waals surface area (Å²) in [5.41, 5.74) is 8.97. The van der Waals surface area contributed by atoms with Gasteiger partial charge < -0.3 is 15.8 Å². The number of benzene rings is 2. The number of anilines is 2. The second-order valence-corrected chi connectivity index (χ2v) is 9.18. The highest BCUT2D eigenvalue weighted by Crippen LogP contribution is 2.34. The van der Waals surface area contributed by atoms with Crippen LogP contribution in [-0.2, 0) is 4.79 Å². The standard InChI is InChI=1S/C28H31N5O2/c29-27-26(21-10-13-25(14-11-21)35-24-7-2-1-3-8-24)28(32-19-31-27)30-17-23-6-4-5-15-33(23)22-12-9-20(16-22)18-34/h1-3,7-11,13-14,18-19,22-23H,4-6,12,15-17H2,(H3,29,30,31,32). The molecule has 1 aliphatic heterocycles. The zero-order chi connectivity index (χ0) is 24.0. The summed E-state index contributed by atoms with van der Waals surface area (Å²) in [6, 6.07) is 18.3. The molecule has 1 aromatic heterocycles. The summed E-state index contributed by atoms with van der Waals surface area (Å²) >= 11 is 0. The average Bonchev–Trinajstić information content (AvgIpc) is 3.38. The molecule has 0 bridgehead atoms. The summed E-state index contributed by atoms with van der Waals surface area (Å²) in [5, 5.41) is 3.56. The number of carbonyl (C=O) groups excluding carboxylic acids is 1. The number of likely N-dealkylation sites (tertiary alicyclic amines) is 1. The first-order chi connectivity index (χ1) is 17.2. The van der Waals surface area contributed by atoms with Crippen molar-refractivity contribution < 1.29 is 9.53 Å². The highest BCUT2D eigenvalue weighted by Gasteiger charge is 2.31. The summed E-state index contributed by atoms with van der Waals surface area (Å²) in [5.74, 6) is 2.72. The minimum atomic E-state index is 0.388. The van der Waals surface area contributed by atoms with Crippen LogP contribution >= 0.6 is 0 Å². The van der Waals surface area contributed by atoms with Crippen LogP contribution in [0.2, 0.25) is 0 Å². The van der Waals surface area contributed by atoms with Crippen molar-refractivity contribution in [2.75, 3.05) is 24.1 Å². The van der Waals surface area contributed by atoms with Gasteiger partial charge in [0.05, 0.1) is 5.56 Å². The average molecular weight is 470 g/mol. The van der Waals surface area contributed by atoms with Crippen LogP contribution < -0.4 is 15.8 Å². The molecule has 0 saturated carbocycles. The van der Waals surface area contributed by atoms with E-state index in [1.807, 2.05) is 54.6 Å². The number of nitrogens with zero attached hydrogens (tertiary/aromatic N) is 3. The fourth-order valence-corrected chi connectivity index (χ4v) is 5.14. The van der Waals surface area contributed by atoms with E-state index in [4.69, 9.17) is 10.5 Å². The van der Waals surface area contributed by atoms with Crippen molar-refractivity contribution in [1.82, 2.24) is 14.9 Å². The molecule has 180 valence electrons. The van der Waals surface area contributed by atoms with Gasteiger partial charge in [0.2, 0.25) is 0 Å². The third-order valence-corrected chi connectivity index (χ3v) is 6.92. The van der Waals surface area contributed by atoms with Gasteiger partial charge in [-0.05, 0) is 67.6 Å². The molecule has 1 aliphatic carbocycles. The van der Waals surface area contributed by atoms with Crippen molar-refractivity contribution in [2.45, 2.75) is 44.2 Å². The van der Waals surface area contributed by atoms with Crippen molar-refractivity contribution in [3.63, 3.8) is 0 Å². The fourth-order valence-electron chi connectivity index (χ4n) is 5.14. The topological polar surface area (TPSA) is 93.4 Å². The van der Waals surface area contributed by atoms with Crippen molar-refractivity contribution in [3.05, 3.63) is 72.6 Å². The summed E-state index contributed by atoms with van der Waals surface area (Å²) in [6.07, 6.45) is 9.94. The largest absolute Gasteiger partial charge is 0.457 e. The Kier molecular flexibility index (Phi) is 7.04. The van der Waals surface area contributed by atoms with Gasteiger partial charge in [0, 0.05) is 18.6 Å². The molecular weight excluding hydrogens is 438 g/mol. The number of para-hydroxylation sites is 1. The van der Waals surface area contributed by atoms with E-state index in [1.165, 1.54) is 19.2 Å². The Morgan fingerprint density at radius 1 is 1.06 bits per heavy atom. The van der Waals surface area contributed by atoms with E-state index in [2.05, 4.69) is 26.3 Å². The van der Waals surface area contributed by atoms with Gasteiger partial charge in [-0.15, -0.1) is 0 Å². The number of nitrogens with one attached hydrogen (secondary N) is 1. The van der Waals surface area contributed by atoms with Crippen molar-refractivity contribution >= 4 is 17.9 Å². The van der Waals surface area contributed by atoms with E-state index in [9.17, 15) is 4.79 Å². The minimum absolute atomic E-state index is 0.388. The zero-order valence-electron chi connectivity index (χ0n) is 19.8. The molecule has 2 atom stereocenters. The summed E-state index contributed by atoms with van der Waals surface area (Å²) < 4.78 is 5.92. The highest BCUT2D eigenvalue weighted by atomic mass is 16.5. The number of nitrogen functional groups attached to an aromatic ring is 1. The number of carbonyl (C=O) groups is 1. The van der Waals surface area contributed by atoms with Gasteiger partial charge in [0.15, 0.2) is 0 Å². The van der Waals surface area contributed by atoms with E-state index < -0.39 is 0 Å². The fraction of sp³-hybridized carbons (Fsp3) is 0.321. The van der Waals surface area contributed by atoms with E-state index in [-0.39, 0.29) is 0 Å².